The van der Waals surface area contributed by atoms with Crippen molar-refractivity contribution in [1.82, 2.24) is 0 Å². The monoisotopic (exact) mass is 519 g/mol. The standard InChI is InChI=1S/C27H18ClNO8/c28-14-7-5-13(6-8-14)22-20(25(32)29-15-9-10-18-19(11-15)36-12-35-18)21(26(33)34)27(37-22)23(30)16-3-1-2-4-17(16)24(27)31/h1-11,20-22H,12H2,(H,29,32)(H,33,34)/t20-,21-,22-/m1/s1. The molecule has 2 aliphatic heterocycles. The average molecular weight is 520 g/mol. The zero-order chi connectivity index (χ0) is 25.9. The molecule has 1 amide bonds. The van der Waals surface area contributed by atoms with Crippen LogP contribution >= 0.6 is 11.6 Å². The fourth-order valence-corrected chi connectivity index (χ4v) is 5.42. The van der Waals surface area contributed by atoms with Crippen LogP contribution in [-0.4, -0.2) is 40.9 Å². The molecule has 1 spiro atoms. The molecule has 0 bridgehead atoms. The third-order valence-electron chi connectivity index (χ3n) is 6.93. The number of Topliss-reactive ketones (excluding diaryl/α,β-unsaturated/α-hetero) is 2. The fraction of sp³-hybridized carbons (Fsp3) is 0.185. The van der Waals surface area contributed by atoms with Crippen LogP contribution in [0, 0.1) is 11.8 Å². The minimum atomic E-state index is -2.39. The lowest BCUT2D eigenvalue weighted by Crippen LogP contribution is -2.52. The number of nitrogens with one attached hydrogen (secondary N) is 1. The first-order valence-electron chi connectivity index (χ1n) is 11.4. The molecular formula is C27H18ClNO8. The number of fused-ring (bicyclic) bond motifs is 2. The molecule has 9 nitrogen and oxygen atoms in total. The molecular weight excluding hydrogens is 502 g/mol. The summed E-state index contributed by atoms with van der Waals surface area (Å²) in [7, 11) is 0. The number of carboxylic acids is 1. The maximum Gasteiger partial charge on any atom is 0.311 e. The van der Waals surface area contributed by atoms with Crippen molar-refractivity contribution in [3.8, 4) is 11.5 Å². The molecule has 0 radical (unpaired) electrons. The molecule has 1 aliphatic carbocycles. The van der Waals surface area contributed by atoms with Gasteiger partial charge < -0.3 is 24.6 Å². The van der Waals surface area contributed by atoms with E-state index >= 15 is 0 Å². The number of ketones is 2. The molecule has 0 saturated carbocycles. The van der Waals surface area contributed by atoms with E-state index in [-0.39, 0.29) is 17.9 Å². The molecule has 3 aromatic rings. The SMILES string of the molecule is O=C(Nc1ccc2c(c1)OCO2)[C@H]1[C@@H](c2ccc(Cl)cc2)OC2(C(=O)c3ccccc3C2=O)[C@H]1C(=O)O. The van der Waals surface area contributed by atoms with E-state index in [9.17, 15) is 24.3 Å². The minimum Gasteiger partial charge on any atom is -0.481 e. The van der Waals surface area contributed by atoms with Crippen LogP contribution in [0.1, 0.15) is 32.4 Å². The van der Waals surface area contributed by atoms with Crippen LogP contribution in [0.25, 0.3) is 0 Å². The first kappa shape index (κ1) is 23.2. The highest BCUT2D eigenvalue weighted by Gasteiger charge is 2.71. The minimum absolute atomic E-state index is 0.0379. The lowest BCUT2D eigenvalue weighted by atomic mass is 9.75. The summed E-state index contributed by atoms with van der Waals surface area (Å²) in [5.74, 6) is -6.12. The van der Waals surface area contributed by atoms with Crippen molar-refractivity contribution < 1.29 is 38.5 Å². The number of carbonyl (C=O) groups is 4. The second kappa shape index (κ2) is 8.43. The Labute approximate surface area is 214 Å². The largest absolute Gasteiger partial charge is 0.481 e. The third-order valence-corrected chi connectivity index (χ3v) is 7.19. The lowest BCUT2D eigenvalue weighted by Gasteiger charge is -2.25. The van der Waals surface area contributed by atoms with E-state index in [4.69, 9.17) is 25.8 Å². The van der Waals surface area contributed by atoms with Gasteiger partial charge in [0.2, 0.25) is 29.9 Å². The Morgan fingerprint density at radius 3 is 2.22 bits per heavy atom. The van der Waals surface area contributed by atoms with E-state index in [0.717, 1.165) is 0 Å². The topological polar surface area (TPSA) is 128 Å². The first-order valence-corrected chi connectivity index (χ1v) is 11.7. The Kier molecular flexibility index (Phi) is 5.29. The number of rotatable bonds is 4. The fourth-order valence-electron chi connectivity index (χ4n) is 5.29. The van der Waals surface area contributed by atoms with E-state index in [0.29, 0.717) is 27.8 Å². The lowest BCUT2D eigenvalue weighted by molar-refractivity contribution is -0.147. The Balaban J connectivity index is 1.46. The summed E-state index contributed by atoms with van der Waals surface area (Å²) >= 11 is 6.03. The summed E-state index contributed by atoms with van der Waals surface area (Å²) in [5, 5.41) is 13.5. The summed E-state index contributed by atoms with van der Waals surface area (Å²) in [4.78, 5) is 53.7. The van der Waals surface area contributed by atoms with Crippen LogP contribution in [0.3, 0.4) is 0 Å². The van der Waals surface area contributed by atoms with Crippen LogP contribution < -0.4 is 14.8 Å². The number of carbonyl (C=O) groups excluding carboxylic acids is 3. The van der Waals surface area contributed by atoms with Gasteiger partial charge in [0.05, 0.1) is 12.0 Å². The zero-order valence-electron chi connectivity index (χ0n) is 19.0. The van der Waals surface area contributed by atoms with Gasteiger partial charge in [-0.05, 0) is 29.8 Å². The number of hydrogen-bond donors (Lipinski definition) is 2. The molecule has 2 heterocycles. The number of aliphatic carboxylic acids is 1. The molecule has 3 aliphatic rings. The number of carboxylic acid groups (broad SMARTS) is 1. The van der Waals surface area contributed by atoms with Crippen molar-refractivity contribution in [3.05, 3.63) is 88.4 Å². The smallest absolute Gasteiger partial charge is 0.311 e. The predicted octanol–water partition coefficient (Wildman–Crippen LogP) is 3.91. The molecule has 1 saturated heterocycles. The predicted molar refractivity (Wildman–Crippen MR) is 129 cm³/mol. The van der Waals surface area contributed by atoms with Crippen LogP contribution in [-0.2, 0) is 14.3 Å². The molecule has 0 unspecified atom stereocenters. The second-order valence-electron chi connectivity index (χ2n) is 8.93. The highest BCUT2D eigenvalue weighted by Crippen LogP contribution is 2.54. The van der Waals surface area contributed by atoms with Gasteiger partial charge in [-0.3, -0.25) is 19.2 Å². The van der Waals surface area contributed by atoms with Gasteiger partial charge in [-0.1, -0.05) is 48.0 Å². The summed E-state index contributed by atoms with van der Waals surface area (Å²) in [6, 6.07) is 17.0. The van der Waals surface area contributed by atoms with E-state index in [2.05, 4.69) is 5.32 Å². The second-order valence-corrected chi connectivity index (χ2v) is 9.36. The van der Waals surface area contributed by atoms with Crippen LogP contribution in [0.15, 0.2) is 66.7 Å². The van der Waals surface area contributed by atoms with Crippen molar-refractivity contribution in [1.29, 1.82) is 0 Å². The van der Waals surface area contributed by atoms with Gasteiger partial charge in [0, 0.05) is 27.9 Å². The summed E-state index contributed by atoms with van der Waals surface area (Å²) in [6.07, 6.45) is -1.23. The third kappa shape index (κ3) is 3.42. The Bertz CT molecular complexity index is 1450. The van der Waals surface area contributed by atoms with E-state index in [1.54, 1.807) is 54.6 Å². The summed E-state index contributed by atoms with van der Waals surface area (Å²) < 4.78 is 16.8. The normalized spacial score (nSPS) is 22.8. The maximum atomic E-state index is 13.7. The molecule has 186 valence electrons. The van der Waals surface area contributed by atoms with E-state index < -0.39 is 47.0 Å². The van der Waals surface area contributed by atoms with Gasteiger partial charge in [0.25, 0.3) is 0 Å². The Hall–Kier alpha value is -4.21. The quantitative estimate of drug-likeness (QED) is 0.496. The molecule has 2 N–H and O–H groups in total. The van der Waals surface area contributed by atoms with Crippen molar-refractivity contribution in [2.45, 2.75) is 11.7 Å². The molecule has 6 rings (SSSR count). The highest BCUT2D eigenvalue weighted by atomic mass is 35.5. The number of anilines is 1. The highest BCUT2D eigenvalue weighted by molar-refractivity contribution is 6.34. The molecule has 3 atom stereocenters. The van der Waals surface area contributed by atoms with E-state index in [1.165, 1.54) is 12.1 Å². The molecule has 1 fully saturated rings. The van der Waals surface area contributed by atoms with Gasteiger partial charge in [-0.2, -0.15) is 0 Å². The first-order chi connectivity index (χ1) is 17.8. The van der Waals surface area contributed by atoms with Crippen molar-refractivity contribution >= 4 is 40.7 Å². The van der Waals surface area contributed by atoms with Crippen LogP contribution in [0.4, 0.5) is 5.69 Å². The summed E-state index contributed by atoms with van der Waals surface area (Å²) in [6.45, 7) is 0.0379. The number of hydrogen-bond acceptors (Lipinski definition) is 7. The van der Waals surface area contributed by atoms with Gasteiger partial charge in [0.1, 0.15) is 5.92 Å². The van der Waals surface area contributed by atoms with Gasteiger partial charge in [-0.25, -0.2) is 0 Å². The molecule has 3 aromatic carbocycles. The van der Waals surface area contributed by atoms with Gasteiger partial charge in [-0.15, -0.1) is 0 Å². The van der Waals surface area contributed by atoms with Crippen LogP contribution in [0.2, 0.25) is 5.02 Å². The van der Waals surface area contributed by atoms with Crippen molar-refractivity contribution in [2.24, 2.45) is 11.8 Å². The molecule has 10 heteroatoms. The van der Waals surface area contributed by atoms with Crippen LogP contribution in [0.5, 0.6) is 11.5 Å². The van der Waals surface area contributed by atoms with Gasteiger partial charge in [0.15, 0.2) is 11.5 Å². The number of amides is 1. The molecule has 0 aromatic heterocycles. The molecule has 37 heavy (non-hydrogen) atoms. The average Bonchev–Trinajstić information content (AvgIpc) is 3.56. The Morgan fingerprint density at radius 2 is 1.57 bits per heavy atom. The van der Waals surface area contributed by atoms with E-state index in [1.807, 2.05) is 0 Å². The maximum absolute atomic E-state index is 13.7. The number of halogens is 1. The number of benzene rings is 3. The number of ether oxygens (including phenoxy) is 3. The Morgan fingerprint density at radius 1 is 0.919 bits per heavy atom. The zero-order valence-corrected chi connectivity index (χ0v) is 19.7. The summed E-state index contributed by atoms with van der Waals surface area (Å²) in [5.41, 5.74) is -1.55. The van der Waals surface area contributed by atoms with Crippen molar-refractivity contribution in [3.63, 3.8) is 0 Å². The van der Waals surface area contributed by atoms with Crippen molar-refractivity contribution in [2.75, 3.05) is 12.1 Å². The van der Waals surface area contributed by atoms with Gasteiger partial charge >= 0.3 is 5.97 Å².